The SMILES string of the molecule is Nc1nc(-c2cc(NC(=O)c3c(F)cccc3F)ccc2F)c(-c2ccnc(Cl)n2)s1. The van der Waals surface area contributed by atoms with Gasteiger partial charge in [0, 0.05) is 17.4 Å². The van der Waals surface area contributed by atoms with Crippen molar-refractivity contribution in [2.24, 2.45) is 0 Å². The first-order chi connectivity index (χ1) is 14.8. The summed E-state index contributed by atoms with van der Waals surface area (Å²) in [5.74, 6) is -3.71. The van der Waals surface area contributed by atoms with Crippen LogP contribution in [-0.4, -0.2) is 20.9 Å². The van der Waals surface area contributed by atoms with E-state index >= 15 is 0 Å². The fourth-order valence-corrected chi connectivity index (χ4v) is 3.81. The molecule has 2 heterocycles. The molecule has 0 radical (unpaired) electrons. The Bertz CT molecular complexity index is 1290. The molecule has 4 aromatic rings. The van der Waals surface area contributed by atoms with Crippen LogP contribution in [0.4, 0.5) is 24.0 Å². The third-order valence-corrected chi connectivity index (χ3v) is 5.26. The Morgan fingerprint density at radius 3 is 2.48 bits per heavy atom. The van der Waals surface area contributed by atoms with Crippen LogP contribution in [-0.2, 0) is 0 Å². The number of nitrogens with two attached hydrogens (primary N) is 1. The first kappa shape index (κ1) is 20.8. The van der Waals surface area contributed by atoms with Crippen LogP contribution in [0.3, 0.4) is 0 Å². The van der Waals surface area contributed by atoms with Gasteiger partial charge in [-0.15, -0.1) is 0 Å². The van der Waals surface area contributed by atoms with Gasteiger partial charge in [-0.2, -0.15) is 0 Å². The monoisotopic (exact) mass is 461 g/mol. The average Bonchev–Trinajstić information content (AvgIpc) is 3.11. The molecule has 3 N–H and O–H groups in total. The lowest BCUT2D eigenvalue weighted by Gasteiger charge is -2.10. The molecule has 0 spiro atoms. The minimum Gasteiger partial charge on any atom is -0.375 e. The lowest BCUT2D eigenvalue weighted by Crippen LogP contribution is -2.16. The Kier molecular flexibility index (Phi) is 5.57. The molecule has 2 aromatic carbocycles. The number of carbonyl (C=O) groups is 1. The maximum absolute atomic E-state index is 14.7. The molecule has 11 heteroatoms. The van der Waals surface area contributed by atoms with Gasteiger partial charge in [-0.1, -0.05) is 17.4 Å². The van der Waals surface area contributed by atoms with Crippen LogP contribution in [0, 0.1) is 17.5 Å². The number of halogens is 4. The van der Waals surface area contributed by atoms with Gasteiger partial charge in [0.2, 0.25) is 5.28 Å². The number of rotatable bonds is 4. The van der Waals surface area contributed by atoms with Crippen LogP contribution < -0.4 is 11.1 Å². The highest BCUT2D eigenvalue weighted by Crippen LogP contribution is 2.39. The van der Waals surface area contributed by atoms with Crippen LogP contribution in [0.2, 0.25) is 5.28 Å². The summed E-state index contributed by atoms with van der Waals surface area (Å²) < 4.78 is 42.4. The Labute approximate surface area is 182 Å². The largest absolute Gasteiger partial charge is 0.375 e. The maximum atomic E-state index is 14.7. The number of aromatic nitrogens is 3. The van der Waals surface area contributed by atoms with Gasteiger partial charge in [-0.3, -0.25) is 4.79 Å². The predicted molar refractivity (Wildman–Crippen MR) is 112 cm³/mol. The molecule has 31 heavy (non-hydrogen) atoms. The zero-order valence-electron chi connectivity index (χ0n) is 15.4. The maximum Gasteiger partial charge on any atom is 0.261 e. The molecule has 0 aliphatic heterocycles. The number of benzene rings is 2. The van der Waals surface area contributed by atoms with E-state index in [1.165, 1.54) is 18.3 Å². The topological polar surface area (TPSA) is 93.8 Å². The fraction of sp³-hybridized carbons (Fsp3) is 0. The van der Waals surface area contributed by atoms with E-state index in [2.05, 4.69) is 20.3 Å². The first-order valence-electron chi connectivity index (χ1n) is 8.64. The summed E-state index contributed by atoms with van der Waals surface area (Å²) in [4.78, 5) is 24.9. The van der Waals surface area contributed by atoms with Gasteiger partial charge in [0.1, 0.15) is 23.0 Å². The zero-order chi connectivity index (χ0) is 22.1. The highest BCUT2D eigenvalue weighted by molar-refractivity contribution is 7.19. The van der Waals surface area contributed by atoms with Crippen molar-refractivity contribution in [3.63, 3.8) is 0 Å². The molecule has 0 aliphatic carbocycles. The molecule has 0 fully saturated rings. The first-order valence-corrected chi connectivity index (χ1v) is 9.83. The summed E-state index contributed by atoms with van der Waals surface area (Å²) in [5.41, 5.74) is 5.73. The number of hydrogen-bond acceptors (Lipinski definition) is 6. The van der Waals surface area contributed by atoms with Gasteiger partial charge < -0.3 is 11.1 Å². The van der Waals surface area contributed by atoms with E-state index in [1.54, 1.807) is 6.07 Å². The van der Waals surface area contributed by atoms with Crippen LogP contribution in [0.25, 0.3) is 21.8 Å². The third-order valence-electron chi connectivity index (χ3n) is 4.17. The van der Waals surface area contributed by atoms with Crippen molar-refractivity contribution in [3.8, 4) is 21.8 Å². The second-order valence-electron chi connectivity index (χ2n) is 6.19. The van der Waals surface area contributed by atoms with Crippen molar-refractivity contribution in [2.45, 2.75) is 0 Å². The average molecular weight is 462 g/mol. The fourth-order valence-electron chi connectivity index (χ4n) is 2.85. The van der Waals surface area contributed by atoms with E-state index in [0.29, 0.717) is 10.6 Å². The van der Waals surface area contributed by atoms with Crippen molar-refractivity contribution in [1.29, 1.82) is 0 Å². The summed E-state index contributed by atoms with van der Waals surface area (Å²) in [6.45, 7) is 0. The Morgan fingerprint density at radius 1 is 1.03 bits per heavy atom. The van der Waals surface area contributed by atoms with E-state index < -0.39 is 28.9 Å². The van der Waals surface area contributed by atoms with Gasteiger partial charge in [0.25, 0.3) is 5.91 Å². The lowest BCUT2D eigenvalue weighted by molar-refractivity contribution is 0.101. The molecule has 0 saturated heterocycles. The molecule has 4 rings (SSSR count). The van der Waals surface area contributed by atoms with Crippen molar-refractivity contribution in [1.82, 2.24) is 15.0 Å². The number of nitrogens with one attached hydrogen (secondary N) is 1. The van der Waals surface area contributed by atoms with Crippen molar-refractivity contribution < 1.29 is 18.0 Å². The highest BCUT2D eigenvalue weighted by atomic mass is 35.5. The standard InChI is InChI=1S/C20H11ClF3N5OS/c21-19-26-7-6-14(28-19)17-16(29-20(25)31-17)10-8-9(4-5-11(10)22)27-18(30)15-12(23)2-1-3-13(15)24/h1-8H,(H2,25,29)(H,27,30). The van der Waals surface area contributed by atoms with Gasteiger partial charge >= 0.3 is 0 Å². The van der Waals surface area contributed by atoms with Crippen LogP contribution in [0.1, 0.15) is 10.4 Å². The molecule has 0 unspecified atom stereocenters. The number of nitrogen functional groups attached to an aromatic ring is 1. The number of nitrogens with zero attached hydrogens (tertiary/aromatic N) is 3. The van der Waals surface area contributed by atoms with E-state index in [4.69, 9.17) is 17.3 Å². The second-order valence-corrected chi connectivity index (χ2v) is 7.55. The van der Waals surface area contributed by atoms with Crippen LogP contribution in [0.5, 0.6) is 0 Å². The summed E-state index contributed by atoms with van der Waals surface area (Å²) in [6.07, 6.45) is 1.43. The summed E-state index contributed by atoms with van der Waals surface area (Å²) >= 11 is 6.91. The molecule has 0 bridgehead atoms. The van der Waals surface area contributed by atoms with Crippen molar-refractivity contribution in [2.75, 3.05) is 11.1 Å². The minimum atomic E-state index is -1.02. The molecule has 0 aliphatic rings. The minimum absolute atomic E-state index is 0.00416. The highest BCUT2D eigenvalue weighted by Gasteiger charge is 2.21. The van der Waals surface area contributed by atoms with Crippen LogP contribution >= 0.6 is 22.9 Å². The van der Waals surface area contributed by atoms with E-state index in [9.17, 15) is 18.0 Å². The van der Waals surface area contributed by atoms with E-state index in [0.717, 1.165) is 35.6 Å². The number of anilines is 2. The normalized spacial score (nSPS) is 10.8. The summed E-state index contributed by atoms with van der Waals surface area (Å²) in [6, 6.07) is 8.27. The summed E-state index contributed by atoms with van der Waals surface area (Å²) in [5, 5.41) is 2.51. The molecule has 0 atom stereocenters. The molecule has 1 amide bonds. The molecular formula is C20H11ClF3N5OS. The van der Waals surface area contributed by atoms with Gasteiger partial charge in [-0.25, -0.2) is 28.1 Å². The molecular weight excluding hydrogens is 451 g/mol. The quantitative estimate of drug-likeness (QED) is 0.409. The zero-order valence-corrected chi connectivity index (χ0v) is 16.9. The van der Waals surface area contributed by atoms with E-state index in [1.807, 2.05) is 0 Å². The molecule has 6 nitrogen and oxygen atoms in total. The van der Waals surface area contributed by atoms with Crippen molar-refractivity contribution in [3.05, 3.63) is 77.0 Å². The van der Waals surface area contributed by atoms with Gasteiger partial charge in [0.05, 0.1) is 16.3 Å². The second kappa shape index (κ2) is 8.32. The van der Waals surface area contributed by atoms with Crippen LogP contribution in [0.15, 0.2) is 48.7 Å². The third kappa shape index (κ3) is 4.21. The molecule has 2 aromatic heterocycles. The Morgan fingerprint density at radius 2 is 1.77 bits per heavy atom. The van der Waals surface area contributed by atoms with Gasteiger partial charge in [-0.05, 0) is 48.0 Å². The number of hydrogen-bond donors (Lipinski definition) is 2. The molecule has 0 saturated carbocycles. The summed E-state index contributed by atoms with van der Waals surface area (Å²) in [7, 11) is 0. The van der Waals surface area contributed by atoms with Crippen molar-refractivity contribution >= 4 is 39.7 Å². The number of thiazole rings is 1. The smallest absolute Gasteiger partial charge is 0.261 e. The Hall–Kier alpha value is -3.50. The number of carbonyl (C=O) groups excluding carboxylic acids is 1. The number of amides is 1. The predicted octanol–water partition coefficient (Wildman–Crippen LogP) is 5.17. The van der Waals surface area contributed by atoms with E-state index in [-0.39, 0.29) is 27.4 Å². The lowest BCUT2D eigenvalue weighted by atomic mass is 10.1. The van der Waals surface area contributed by atoms with Gasteiger partial charge in [0.15, 0.2) is 5.13 Å². The molecule has 156 valence electrons. The Balaban J connectivity index is 1.74.